The molecule has 0 radical (unpaired) electrons. The normalized spacial score (nSPS) is 10.9. The van der Waals surface area contributed by atoms with Gasteiger partial charge in [0.25, 0.3) is 0 Å². The Balaban J connectivity index is 2.83. The van der Waals surface area contributed by atoms with Crippen LogP contribution in [0.25, 0.3) is 0 Å². The van der Waals surface area contributed by atoms with Crippen LogP contribution in [0.3, 0.4) is 0 Å². The van der Waals surface area contributed by atoms with Gasteiger partial charge in [-0.1, -0.05) is 26.2 Å². The highest BCUT2D eigenvalue weighted by Crippen LogP contribution is 1.98. The van der Waals surface area contributed by atoms with E-state index in [-0.39, 0.29) is 0 Å². The van der Waals surface area contributed by atoms with Crippen molar-refractivity contribution in [2.24, 2.45) is 0 Å². The lowest BCUT2D eigenvalue weighted by molar-refractivity contribution is -0.299. The lowest BCUT2D eigenvalue weighted by Crippen LogP contribution is -2.09. The summed E-state index contributed by atoms with van der Waals surface area (Å²) in [6.45, 7) is 7.89. The Labute approximate surface area is 99.1 Å². The van der Waals surface area contributed by atoms with Gasteiger partial charge in [-0.3, -0.25) is 0 Å². The zero-order valence-corrected chi connectivity index (χ0v) is 10.7. The Kier molecular flexibility index (Phi) is 14.7. The predicted molar refractivity (Wildman–Crippen MR) is 63.4 cm³/mol. The van der Waals surface area contributed by atoms with Gasteiger partial charge < -0.3 is 9.47 Å². The average molecular weight is 234 g/mol. The predicted octanol–water partition coefficient (Wildman–Crippen LogP) is 2.57. The molecule has 16 heavy (non-hydrogen) atoms. The summed E-state index contributed by atoms with van der Waals surface area (Å²) >= 11 is 0. The fourth-order valence-corrected chi connectivity index (χ4v) is 1.16. The molecule has 0 saturated heterocycles. The zero-order valence-electron chi connectivity index (χ0n) is 10.7. The third kappa shape index (κ3) is 13.8. The Bertz CT molecular complexity index is 106. The molecule has 0 heterocycles. The summed E-state index contributed by atoms with van der Waals surface area (Å²) in [4.78, 5) is 9.95. The Morgan fingerprint density at radius 2 is 1.31 bits per heavy atom. The number of hydrogen-bond acceptors (Lipinski definition) is 4. The average Bonchev–Trinajstić information content (AvgIpc) is 2.31. The molecular weight excluding hydrogens is 208 g/mol. The van der Waals surface area contributed by atoms with Gasteiger partial charge >= 0.3 is 0 Å². The first kappa shape index (κ1) is 15.8. The van der Waals surface area contributed by atoms with Crippen molar-refractivity contribution in [1.29, 1.82) is 0 Å². The van der Waals surface area contributed by atoms with Crippen LogP contribution in [0, 0.1) is 0 Å². The third-order valence-electron chi connectivity index (χ3n) is 2.05. The highest BCUT2D eigenvalue weighted by molar-refractivity contribution is 4.37. The summed E-state index contributed by atoms with van der Waals surface area (Å²) in [5.41, 5.74) is 0. The molecule has 0 saturated carbocycles. The van der Waals surface area contributed by atoms with Crippen LogP contribution in [0.2, 0.25) is 0 Å². The molecule has 0 aliphatic rings. The van der Waals surface area contributed by atoms with Crippen LogP contribution in [0.5, 0.6) is 0 Å². The minimum Gasteiger partial charge on any atom is -0.379 e. The largest absolute Gasteiger partial charge is 0.379 e. The monoisotopic (exact) mass is 234 g/mol. The first-order valence-electron chi connectivity index (χ1n) is 6.31. The molecule has 0 atom stereocenters. The second-order valence-electron chi connectivity index (χ2n) is 3.51. The van der Waals surface area contributed by atoms with Crippen LogP contribution in [0.15, 0.2) is 0 Å². The minimum atomic E-state index is 0.486. The van der Waals surface area contributed by atoms with E-state index < -0.39 is 0 Å². The first-order chi connectivity index (χ1) is 7.91. The zero-order chi connectivity index (χ0) is 11.9. The lowest BCUT2D eigenvalue weighted by Gasteiger charge is -2.05. The van der Waals surface area contributed by atoms with Gasteiger partial charge in [0.15, 0.2) is 0 Å². The van der Waals surface area contributed by atoms with Gasteiger partial charge in [0.2, 0.25) is 0 Å². The highest BCUT2D eigenvalue weighted by atomic mass is 17.2. The van der Waals surface area contributed by atoms with Gasteiger partial charge in [-0.2, -0.15) is 0 Å². The smallest absolute Gasteiger partial charge is 0.106 e. The minimum absolute atomic E-state index is 0.486. The van der Waals surface area contributed by atoms with Crippen molar-refractivity contribution in [2.45, 2.75) is 39.5 Å². The second kappa shape index (κ2) is 14.8. The molecule has 98 valence electrons. The van der Waals surface area contributed by atoms with E-state index in [1.807, 2.05) is 6.92 Å². The van der Waals surface area contributed by atoms with E-state index in [4.69, 9.17) is 19.2 Å². The molecule has 0 fully saturated rings. The van der Waals surface area contributed by atoms with E-state index in [0.29, 0.717) is 33.0 Å². The summed E-state index contributed by atoms with van der Waals surface area (Å²) in [5.74, 6) is 0. The van der Waals surface area contributed by atoms with Gasteiger partial charge in [-0.25, -0.2) is 9.78 Å². The maximum absolute atomic E-state index is 5.25. The molecule has 0 rings (SSSR count). The molecule has 0 unspecified atom stereocenters. The van der Waals surface area contributed by atoms with Crippen LogP contribution < -0.4 is 0 Å². The molecule has 4 nitrogen and oxygen atoms in total. The molecule has 0 N–H and O–H groups in total. The molecule has 0 aliphatic heterocycles. The standard InChI is InChI=1S/C12H26O4/c1-3-5-6-7-8-15-16-12-11-14-10-9-13-4-2/h3-12H2,1-2H3. The number of ether oxygens (including phenoxy) is 2. The van der Waals surface area contributed by atoms with Crippen LogP contribution in [-0.2, 0) is 19.2 Å². The topological polar surface area (TPSA) is 36.9 Å². The summed E-state index contributed by atoms with van der Waals surface area (Å²) < 4.78 is 10.4. The van der Waals surface area contributed by atoms with Crippen molar-refractivity contribution in [1.82, 2.24) is 0 Å². The van der Waals surface area contributed by atoms with Crippen molar-refractivity contribution in [3.8, 4) is 0 Å². The quantitative estimate of drug-likeness (QED) is 0.279. The van der Waals surface area contributed by atoms with Crippen molar-refractivity contribution < 1.29 is 19.2 Å². The van der Waals surface area contributed by atoms with Gasteiger partial charge in [0, 0.05) is 6.61 Å². The molecule has 0 aromatic carbocycles. The van der Waals surface area contributed by atoms with E-state index in [0.717, 1.165) is 13.0 Å². The van der Waals surface area contributed by atoms with Crippen LogP contribution in [0.1, 0.15) is 39.5 Å². The van der Waals surface area contributed by atoms with E-state index in [1.54, 1.807) is 0 Å². The van der Waals surface area contributed by atoms with Crippen molar-refractivity contribution in [3.63, 3.8) is 0 Å². The van der Waals surface area contributed by atoms with E-state index >= 15 is 0 Å². The summed E-state index contributed by atoms with van der Waals surface area (Å²) in [7, 11) is 0. The highest BCUT2D eigenvalue weighted by Gasteiger charge is 1.92. The van der Waals surface area contributed by atoms with E-state index in [1.165, 1.54) is 19.3 Å². The fourth-order valence-electron chi connectivity index (χ4n) is 1.16. The van der Waals surface area contributed by atoms with Crippen LogP contribution >= 0.6 is 0 Å². The molecule has 0 aromatic rings. The molecular formula is C12H26O4. The third-order valence-corrected chi connectivity index (χ3v) is 2.05. The molecule has 0 bridgehead atoms. The van der Waals surface area contributed by atoms with Crippen molar-refractivity contribution >= 4 is 0 Å². The van der Waals surface area contributed by atoms with E-state index in [9.17, 15) is 0 Å². The van der Waals surface area contributed by atoms with Gasteiger partial charge in [-0.05, 0) is 13.3 Å². The molecule has 0 amide bonds. The fraction of sp³-hybridized carbons (Fsp3) is 1.00. The van der Waals surface area contributed by atoms with Crippen molar-refractivity contribution in [2.75, 3.05) is 39.6 Å². The molecule has 0 aliphatic carbocycles. The summed E-state index contributed by atoms with van der Waals surface area (Å²) in [5, 5.41) is 0. The summed E-state index contributed by atoms with van der Waals surface area (Å²) in [6, 6.07) is 0. The SMILES string of the molecule is CCCCCCOOCCOCCOCC. The maximum atomic E-state index is 5.25. The summed E-state index contributed by atoms with van der Waals surface area (Å²) in [6.07, 6.45) is 4.79. The molecule has 4 heteroatoms. The van der Waals surface area contributed by atoms with E-state index in [2.05, 4.69) is 6.92 Å². The number of hydrogen-bond donors (Lipinski definition) is 0. The van der Waals surface area contributed by atoms with Crippen LogP contribution in [-0.4, -0.2) is 39.6 Å². The first-order valence-corrected chi connectivity index (χ1v) is 6.31. The van der Waals surface area contributed by atoms with Gasteiger partial charge in [0.05, 0.1) is 26.4 Å². The molecule has 0 aromatic heterocycles. The number of unbranched alkanes of at least 4 members (excludes halogenated alkanes) is 3. The van der Waals surface area contributed by atoms with Gasteiger partial charge in [-0.15, -0.1) is 0 Å². The second-order valence-corrected chi connectivity index (χ2v) is 3.51. The van der Waals surface area contributed by atoms with Crippen molar-refractivity contribution in [3.05, 3.63) is 0 Å². The van der Waals surface area contributed by atoms with Gasteiger partial charge in [0.1, 0.15) is 6.61 Å². The van der Waals surface area contributed by atoms with Crippen LogP contribution in [0.4, 0.5) is 0 Å². The lowest BCUT2D eigenvalue weighted by atomic mass is 10.2. The maximum Gasteiger partial charge on any atom is 0.106 e. The Hall–Kier alpha value is -0.160. The Morgan fingerprint density at radius 1 is 0.625 bits per heavy atom. The Morgan fingerprint density at radius 3 is 2.06 bits per heavy atom. The molecule has 0 spiro atoms. The number of rotatable bonds is 13.